The van der Waals surface area contributed by atoms with Crippen LogP contribution in [0, 0.1) is 6.92 Å². The van der Waals surface area contributed by atoms with Gasteiger partial charge in [-0.15, -0.1) is 0 Å². The summed E-state index contributed by atoms with van der Waals surface area (Å²) >= 11 is 0. The highest BCUT2D eigenvalue weighted by Gasteiger charge is 2.29. The standard InChI is InChI=1S/C19H24N2O4S/c1-14-7-5-8-16(11-14)13-20-19(22)15(2)21(26(4,23)24)17-9-6-10-18(12-17)25-3/h5-12,15H,13H2,1-4H3,(H,20,22). The number of nitrogens with one attached hydrogen (secondary N) is 1. The summed E-state index contributed by atoms with van der Waals surface area (Å²) in [6.07, 6.45) is 1.08. The topological polar surface area (TPSA) is 75.7 Å². The summed E-state index contributed by atoms with van der Waals surface area (Å²) in [4.78, 5) is 12.6. The van der Waals surface area contributed by atoms with Crippen molar-refractivity contribution in [3.63, 3.8) is 0 Å². The Morgan fingerprint density at radius 3 is 2.50 bits per heavy atom. The van der Waals surface area contributed by atoms with E-state index in [1.54, 1.807) is 31.2 Å². The number of hydrogen-bond acceptors (Lipinski definition) is 4. The molecule has 0 heterocycles. The highest BCUT2D eigenvalue weighted by molar-refractivity contribution is 7.92. The first-order valence-electron chi connectivity index (χ1n) is 8.19. The van der Waals surface area contributed by atoms with Gasteiger partial charge in [-0.1, -0.05) is 35.9 Å². The van der Waals surface area contributed by atoms with Crippen LogP contribution in [0.1, 0.15) is 18.1 Å². The summed E-state index contributed by atoms with van der Waals surface area (Å²) < 4.78 is 30.9. The highest BCUT2D eigenvalue weighted by atomic mass is 32.2. The minimum atomic E-state index is -3.66. The molecular weight excluding hydrogens is 352 g/mol. The van der Waals surface area contributed by atoms with Crippen molar-refractivity contribution in [2.24, 2.45) is 0 Å². The van der Waals surface area contributed by atoms with Crippen LogP contribution in [0.3, 0.4) is 0 Å². The van der Waals surface area contributed by atoms with E-state index in [1.807, 2.05) is 31.2 Å². The van der Waals surface area contributed by atoms with E-state index in [0.29, 0.717) is 18.0 Å². The van der Waals surface area contributed by atoms with Gasteiger partial charge < -0.3 is 10.1 Å². The second kappa shape index (κ2) is 8.23. The van der Waals surface area contributed by atoms with Gasteiger partial charge >= 0.3 is 0 Å². The molecule has 0 aromatic heterocycles. The molecule has 0 aliphatic carbocycles. The van der Waals surface area contributed by atoms with E-state index >= 15 is 0 Å². The fraction of sp³-hybridized carbons (Fsp3) is 0.316. The van der Waals surface area contributed by atoms with Gasteiger partial charge in [-0.2, -0.15) is 0 Å². The number of anilines is 1. The second-order valence-electron chi connectivity index (χ2n) is 6.14. The molecule has 0 saturated carbocycles. The fourth-order valence-electron chi connectivity index (χ4n) is 2.72. The minimum Gasteiger partial charge on any atom is -0.497 e. The van der Waals surface area contributed by atoms with Gasteiger partial charge in [-0.3, -0.25) is 9.10 Å². The number of amides is 1. The van der Waals surface area contributed by atoms with Gasteiger partial charge in [0.1, 0.15) is 11.8 Å². The maximum Gasteiger partial charge on any atom is 0.243 e. The van der Waals surface area contributed by atoms with Gasteiger partial charge in [0.15, 0.2) is 0 Å². The van der Waals surface area contributed by atoms with E-state index in [1.165, 1.54) is 7.11 Å². The third kappa shape index (κ3) is 4.98. The lowest BCUT2D eigenvalue weighted by molar-refractivity contribution is -0.122. The Morgan fingerprint density at radius 2 is 1.88 bits per heavy atom. The first-order chi connectivity index (χ1) is 12.2. The van der Waals surface area contributed by atoms with Crippen LogP contribution in [0.2, 0.25) is 0 Å². The van der Waals surface area contributed by atoms with E-state index < -0.39 is 16.1 Å². The lowest BCUT2D eigenvalue weighted by atomic mass is 10.1. The molecule has 0 radical (unpaired) electrons. The molecule has 2 rings (SSSR count). The molecule has 0 bridgehead atoms. The fourth-order valence-corrected chi connectivity index (χ4v) is 3.88. The summed E-state index contributed by atoms with van der Waals surface area (Å²) in [5, 5.41) is 2.80. The van der Waals surface area contributed by atoms with Gasteiger partial charge in [0.25, 0.3) is 0 Å². The van der Waals surface area contributed by atoms with Crippen LogP contribution in [0.25, 0.3) is 0 Å². The molecule has 0 spiro atoms. The summed E-state index contributed by atoms with van der Waals surface area (Å²) in [6, 6.07) is 13.5. The molecule has 0 aliphatic heterocycles. The molecule has 2 aromatic carbocycles. The predicted octanol–water partition coefficient (Wildman–Crippen LogP) is 2.47. The molecule has 1 amide bonds. The number of sulfonamides is 1. The maximum absolute atomic E-state index is 12.6. The number of rotatable bonds is 7. The molecule has 0 saturated heterocycles. The quantitative estimate of drug-likeness (QED) is 0.805. The third-order valence-electron chi connectivity index (χ3n) is 3.95. The lowest BCUT2D eigenvalue weighted by Crippen LogP contribution is -2.47. The second-order valence-corrected chi connectivity index (χ2v) is 8.00. The van der Waals surface area contributed by atoms with Crippen molar-refractivity contribution in [2.45, 2.75) is 26.4 Å². The average molecular weight is 376 g/mol. The molecule has 0 aliphatic rings. The Bertz CT molecular complexity index is 881. The molecule has 1 atom stereocenters. The van der Waals surface area contributed by atoms with Crippen LogP contribution in [0.4, 0.5) is 5.69 Å². The number of carbonyl (C=O) groups is 1. The zero-order valence-corrected chi connectivity index (χ0v) is 16.2. The average Bonchev–Trinajstić information content (AvgIpc) is 2.58. The van der Waals surface area contributed by atoms with Crippen LogP contribution in [0.15, 0.2) is 48.5 Å². The maximum atomic E-state index is 12.6. The van der Waals surface area contributed by atoms with E-state index in [9.17, 15) is 13.2 Å². The van der Waals surface area contributed by atoms with E-state index in [-0.39, 0.29) is 5.91 Å². The smallest absolute Gasteiger partial charge is 0.243 e. The van der Waals surface area contributed by atoms with Gasteiger partial charge in [0, 0.05) is 12.6 Å². The Hall–Kier alpha value is -2.54. The van der Waals surface area contributed by atoms with Crippen molar-refractivity contribution < 1.29 is 17.9 Å². The highest BCUT2D eigenvalue weighted by Crippen LogP contribution is 2.25. The largest absolute Gasteiger partial charge is 0.497 e. The Balaban J connectivity index is 2.20. The monoisotopic (exact) mass is 376 g/mol. The first kappa shape index (κ1) is 19.8. The molecule has 0 fully saturated rings. The van der Waals surface area contributed by atoms with Crippen molar-refractivity contribution >= 4 is 21.6 Å². The van der Waals surface area contributed by atoms with Crippen LogP contribution in [-0.4, -0.2) is 33.7 Å². The van der Waals surface area contributed by atoms with E-state index in [0.717, 1.165) is 21.7 Å². The first-order valence-corrected chi connectivity index (χ1v) is 10.0. The third-order valence-corrected chi connectivity index (χ3v) is 5.19. The van der Waals surface area contributed by atoms with Crippen molar-refractivity contribution in [3.05, 3.63) is 59.7 Å². The molecule has 7 heteroatoms. The minimum absolute atomic E-state index is 0.334. The van der Waals surface area contributed by atoms with E-state index in [4.69, 9.17) is 4.74 Å². The molecule has 2 aromatic rings. The van der Waals surface area contributed by atoms with Crippen LogP contribution in [-0.2, 0) is 21.4 Å². The number of benzene rings is 2. The molecule has 1 N–H and O–H groups in total. The molecule has 1 unspecified atom stereocenters. The van der Waals surface area contributed by atoms with Crippen molar-refractivity contribution in [1.82, 2.24) is 5.32 Å². The molecule has 140 valence electrons. The molecule has 26 heavy (non-hydrogen) atoms. The summed E-state index contributed by atoms with van der Waals surface area (Å²) in [5.74, 6) is 0.142. The van der Waals surface area contributed by atoms with Crippen molar-refractivity contribution in [3.8, 4) is 5.75 Å². The number of ether oxygens (including phenoxy) is 1. The van der Waals surface area contributed by atoms with Crippen LogP contribution < -0.4 is 14.4 Å². The van der Waals surface area contributed by atoms with Gasteiger partial charge in [0.05, 0.1) is 19.1 Å². The number of methoxy groups -OCH3 is 1. The van der Waals surface area contributed by atoms with Gasteiger partial charge in [-0.05, 0) is 31.5 Å². The van der Waals surface area contributed by atoms with Gasteiger partial charge in [0.2, 0.25) is 15.9 Å². The Morgan fingerprint density at radius 1 is 1.19 bits per heavy atom. The normalized spacial score (nSPS) is 12.3. The SMILES string of the molecule is COc1cccc(N(C(C)C(=O)NCc2cccc(C)c2)S(C)(=O)=O)c1. The Labute approximate surface area is 154 Å². The van der Waals surface area contributed by atoms with Crippen LogP contribution >= 0.6 is 0 Å². The zero-order chi connectivity index (χ0) is 19.3. The number of hydrogen-bond donors (Lipinski definition) is 1. The van der Waals surface area contributed by atoms with Crippen LogP contribution in [0.5, 0.6) is 5.75 Å². The summed E-state index contributed by atoms with van der Waals surface area (Å²) in [7, 11) is -2.16. The number of nitrogens with zero attached hydrogens (tertiary/aromatic N) is 1. The predicted molar refractivity (Wildman–Crippen MR) is 103 cm³/mol. The Kier molecular flexibility index (Phi) is 6.26. The number of carbonyl (C=O) groups excluding carboxylic acids is 1. The van der Waals surface area contributed by atoms with E-state index in [2.05, 4.69) is 5.32 Å². The zero-order valence-electron chi connectivity index (χ0n) is 15.4. The number of aryl methyl sites for hydroxylation is 1. The lowest BCUT2D eigenvalue weighted by Gasteiger charge is -2.28. The summed E-state index contributed by atoms with van der Waals surface area (Å²) in [5.41, 5.74) is 2.43. The van der Waals surface area contributed by atoms with Crippen molar-refractivity contribution in [1.29, 1.82) is 0 Å². The molecule has 6 nitrogen and oxygen atoms in total. The molecular formula is C19H24N2O4S. The van der Waals surface area contributed by atoms with Gasteiger partial charge in [-0.25, -0.2) is 8.42 Å². The summed E-state index contributed by atoms with van der Waals surface area (Å²) in [6.45, 7) is 3.87. The van der Waals surface area contributed by atoms with Crippen molar-refractivity contribution in [2.75, 3.05) is 17.7 Å².